The molecule has 0 unspecified atom stereocenters. The van der Waals surface area contributed by atoms with E-state index >= 15 is 0 Å². The Balaban J connectivity index is 2.25. The van der Waals surface area contributed by atoms with Gasteiger partial charge in [0.2, 0.25) is 0 Å². The van der Waals surface area contributed by atoms with Crippen LogP contribution in [0, 0.1) is 5.82 Å². The first-order valence-electron chi connectivity index (χ1n) is 7.44. The van der Waals surface area contributed by atoms with E-state index in [0.29, 0.717) is 38.3 Å². The number of carbonyl (C=O) groups is 1. The zero-order valence-electron chi connectivity index (χ0n) is 12.6. The summed E-state index contributed by atoms with van der Waals surface area (Å²) < 4.78 is 23.7. The van der Waals surface area contributed by atoms with Crippen LogP contribution in [0.5, 0.6) is 5.75 Å². The van der Waals surface area contributed by atoms with Gasteiger partial charge in [-0.2, -0.15) is 0 Å². The molecule has 1 aromatic carbocycles. The molecular formula is C16H24FNO3. The quantitative estimate of drug-likeness (QED) is 0.533. The van der Waals surface area contributed by atoms with Gasteiger partial charge in [-0.25, -0.2) is 4.39 Å². The highest BCUT2D eigenvalue weighted by molar-refractivity contribution is 5.69. The smallest absolute Gasteiger partial charge is 0.305 e. The van der Waals surface area contributed by atoms with Crippen molar-refractivity contribution in [2.24, 2.45) is 5.73 Å². The lowest BCUT2D eigenvalue weighted by Gasteiger charge is -2.11. The zero-order valence-corrected chi connectivity index (χ0v) is 12.6. The average Bonchev–Trinajstić information content (AvgIpc) is 2.45. The first-order valence-corrected chi connectivity index (χ1v) is 7.44. The number of rotatable bonds is 10. The van der Waals surface area contributed by atoms with Gasteiger partial charge in [-0.05, 0) is 62.9 Å². The van der Waals surface area contributed by atoms with E-state index in [4.69, 9.17) is 15.2 Å². The van der Waals surface area contributed by atoms with Crippen LogP contribution < -0.4 is 10.5 Å². The zero-order chi connectivity index (χ0) is 15.5. The third-order valence-corrected chi connectivity index (χ3v) is 3.02. The van der Waals surface area contributed by atoms with Crippen molar-refractivity contribution in [2.75, 3.05) is 19.8 Å². The molecule has 21 heavy (non-hydrogen) atoms. The lowest BCUT2D eigenvalue weighted by Crippen LogP contribution is -2.07. The third kappa shape index (κ3) is 7.09. The lowest BCUT2D eigenvalue weighted by atomic mass is 10.1. The van der Waals surface area contributed by atoms with Gasteiger partial charge in [0.1, 0.15) is 11.6 Å². The molecule has 1 aromatic rings. The van der Waals surface area contributed by atoms with E-state index in [9.17, 15) is 9.18 Å². The summed E-state index contributed by atoms with van der Waals surface area (Å²) in [4.78, 5) is 11.1. The molecule has 1 rings (SSSR count). The van der Waals surface area contributed by atoms with E-state index in [1.165, 1.54) is 12.1 Å². The molecule has 0 heterocycles. The molecule has 0 bridgehead atoms. The van der Waals surface area contributed by atoms with Crippen molar-refractivity contribution < 1.29 is 18.7 Å². The number of carbonyl (C=O) groups excluding carboxylic acids is 1. The highest BCUT2D eigenvalue weighted by Gasteiger charge is 2.05. The maximum atomic E-state index is 13.2. The molecule has 0 atom stereocenters. The summed E-state index contributed by atoms with van der Waals surface area (Å²) in [5.74, 6) is 0.259. The Hall–Kier alpha value is -1.62. The minimum atomic E-state index is -0.278. The van der Waals surface area contributed by atoms with E-state index in [-0.39, 0.29) is 11.8 Å². The van der Waals surface area contributed by atoms with E-state index in [1.54, 1.807) is 13.0 Å². The number of esters is 1. The Morgan fingerprint density at radius 2 is 2.10 bits per heavy atom. The number of nitrogens with two attached hydrogens (primary N) is 1. The molecule has 2 N–H and O–H groups in total. The molecule has 0 radical (unpaired) electrons. The standard InChI is InChI=1S/C16H24FNO3/c1-2-20-16(19)6-4-3-5-11-21-15-8-7-14(17)12-13(15)9-10-18/h7-8,12H,2-6,9-11,18H2,1H3. The maximum Gasteiger partial charge on any atom is 0.305 e. The molecule has 118 valence electrons. The fraction of sp³-hybridized carbons (Fsp3) is 0.562. The molecule has 0 aromatic heterocycles. The normalized spacial score (nSPS) is 10.4. The molecule has 4 nitrogen and oxygen atoms in total. The molecule has 0 fully saturated rings. The first-order chi connectivity index (χ1) is 10.2. The van der Waals surface area contributed by atoms with Crippen molar-refractivity contribution in [2.45, 2.75) is 39.0 Å². The van der Waals surface area contributed by atoms with Crippen LogP contribution >= 0.6 is 0 Å². The fourth-order valence-corrected chi connectivity index (χ4v) is 2.00. The van der Waals surface area contributed by atoms with Crippen LogP contribution in [0.2, 0.25) is 0 Å². The summed E-state index contributed by atoms with van der Waals surface area (Å²) in [6, 6.07) is 4.48. The van der Waals surface area contributed by atoms with Crippen LogP contribution in [0.25, 0.3) is 0 Å². The van der Waals surface area contributed by atoms with Gasteiger partial charge in [0.15, 0.2) is 0 Å². The van der Waals surface area contributed by atoms with E-state index in [2.05, 4.69) is 0 Å². The molecule has 0 saturated heterocycles. The minimum absolute atomic E-state index is 0.151. The minimum Gasteiger partial charge on any atom is -0.493 e. The monoisotopic (exact) mass is 297 g/mol. The molecule has 5 heteroatoms. The summed E-state index contributed by atoms with van der Waals surface area (Å²) in [6.45, 7) is 3.23. The van der Waals surface area contributed by atoms with Gasteiger partial charge in [0.25, 0.3) is 0 Å². The Labute approximate surface area is 125 Å². The molecule has 0 aliphatic carbocycles. The Bertz CT molecular complexity index is 438. The highest BCUT2D eigenvalue weighted by Crippen LogP contribution is 2.20. The molecule has 0 amide bonds. The van der Waals surface area contributed by atoms with Crippen molar-refractivity contribution in [1.82, 2.24) is 0 Å². The highest BCUT2D eigenvalue weighted by atomic mass is 19.1. The van der Waals surface area contributed by atoms with Crippen LogP contribution in [-0.4, -0.2) is 25.7 Å². The first kappa shape index (κ1) is 17.4. The number of hydrogen-bond donors (Lipinski definition) is 1. The molecule has 0 aliphatic rings. The summed E-state index contributed by atoms with van der Waals surface area (Å²) in [7, 11) is 0. The average molecular weight is 297 g/mol. The van der Waals surface area contributed by atoms with Crippen LogP contribution in [0.4, 0.5) is 4.39 Å². The Morgan fingerprint density at radius 1 is 1.29 bits per heavy atom. The van der Waals surface area contributed by atoms with Crippen molar-refractivity contribution in [3.05, 3.63) is 29.6 Å². The topological polar surface area (TPSA) is 61.5 Å². The summed E-state index contributed by atoms with van der Waals surface area (Å²) in [5.41, 5.74) is 6.30. The number of ether oxygens (including phenoxy) is 2. The number of unbranched alkanes of at least 4 members (excludes halogenated alkanes) is 2. The summed E-state index contributed by atoms with van der Waals surface area (Å²) in [5, 5.41) is 0. The third-order valence-electron chi connectivity index (χ3n) is 3.02. The van der Waals surface area contributed by atoms with E-state index in [0.717, 1.165) is 24.8 Å². The van der Waals surface area contributed by atoms with Gasteiger partial charge in [-0.15, -0.1) is 0 Å². The molecular weight excluding hydrogens is 273 g/mol. The molecule has 0 saturated carbocycles. The fourth-order valence-electron chi connectivity index (χ4n) is 2.00. The SMILES string of the molecule is CCOC(=O)CCCCCOc1ccc(F)cc1CCN. The number of halogens is 1. The Kier molecular flexibility index (Phi) is 8.43. The second-order valence-electron chi connectivity index (χ2n) is 4.75. The van der Waals surface area contributed by atoms with Crippen molar-refractivity contribution in [3.8, 4) is 5.75 Å². The van der Waals surface area contributed by atoms with Gasteiger partial charge in [0.05, 0.1) is 13.2 Å². The van der Waals surface area contributed by atoms with Crippen LogP contribution in [-0.2, 0) is 16.0 Å². The largest absolute Gasteiger partial charge is 0.493 e. The van der Waals surface area contributed by atoms with Crippen LogP contribution in [0.1, 0.15) is 38.2 Å². The van der Waals surface area contributed by atoms with Gasteiger partial charge in [-0.1, -0.05) is 0 Å². The molecule has 0 aliphatic heterocycles. The van der Waals surface area contributed by atoms with Crippen LogP contribution in [0.15, 0.2) is 18.2 Å². The van der Waals surface area contributed by atoms with Crippen LogP contribution in [0.3, 0.4) is 0 Å². The van der Waals surface area contributed by atoms with Gasteiger partial charge in [0, 0.05) is 6.42 Å². The molecule has 0 spiro atoms. The second kappa shape index (κ2) is 10.2. The number of hydrogen-bond acceptors (Lipinski definition) is 4. The van der Waals surface area contributed by atoms with Crippen molar-refractivity contribution in [3.63, 3.8) is 0 Å². The van der Waals surface area contributed by atoms with Gasteiger partial charge in [-0.3, -0.25) is 4.79 Å². The Morgan fingerprint density at radius 3 is 2.81 bits per heavy atom. The number of benzene rings is 1. The predicted molar refractivity (Wildman–Crippen MR) is 79.8 cm³/mol. The summed E-state index contributed by atoms with van der Waals surface area (Å²) >= 11 is 0. The van der Waals surface area contributed by atoms with Crippen molar-refractivity contribution in [1.29, 1.82) is 0 Å². The van der Waals surface area contributed by atoms with E-state index in [1.807, 2.05) is 0 Å². The second-order valence-corrected chi connectivity index (χ2v) is 4.75. The maximum absolute atomic E-state index is 13.2. The van der Waals surface area contributed by atoms with Crippen molar-refractivity contribution >= 4 is 5.97 Å². The predicted octanol–water partition coefficient (Wildman–Crippen LogP) is 2.83. The lowest BCUT2D eigenvalue weighted by molar-refractivity contribution is -0.143. The van der Waals surface area contributed by atoms with E-state index < -0.39 is 0 Å². The van der Waals surface area contributed by atoms with Gasteiger partial charge >= 0.3 is 5.97 Å². The van der Waals surface area contributed by atoms with Gasteiger partial charge < -0.3 is 15.2 Å². The summed E-state index contributed by atoms with van der Waals surface area (Å²) in [6.07, 6.45) is 3.57.